The second-order valence-corrected chi connectivity index (χ2v) is 5.74. The second-order valence-electron chi connectivity index (χ2n) is 5.74. The number of nitro groups is 1. The molecule has 1 aromatic carbocycles. The van der Waals surface area contributed by atoms with Crippen molar-refractivity contribution in [1.82, 2.24) is 5.32 Å². The summed E-state index contributed by atoms with van der Waals surface area (Å²) in [4.78, 5) is 22.4. The van der Waals surface area contributed by atoms with Crippen LogP contribution in [0.25, 0.3) is 0 Å². The summed E-state index contributed by atoms with van der Waals surface area (Å²) in [5.74, 6) is -1.35. The molecule has 7 heteroatoms. The Morgan fingerprint density at radius 1 is 1.38 bits per heavy atom. The number of nitro benzene ring substituents is 1. The van der Waals surface area contributed by atoms with Gasteiger partial charge >= 0.3 is 0 Å². The van der Waals surface area contributed by atoms with Crippen molar-refractivity contribution >= 4 is 17.3 Å². The highest BCUT2D eigenvalue weighted by Crippen LogP contribution is 2.26. The fraction of sp³-hybridized carbons (Fsp3) is 0.500. The molecule has 0 spiro atoms. The van der Waals surface area contributed by atoms with Crippen LogP contribution in [0, 0.1) is 15.9 Å². The summed E-state index contributed by atoms with van der Waals surface area (Å²) >= 11 is 0. The van der Waals surface area contributed by atoms with Crippen LogP contribution >= 0.6 is 0 Å². The molecule has 0 aliphatic heterocycles. The van der Waals surface area contributed by atoms with Crippen LogP contribution in [-0.2, 0) is 0 Å². The molecule has 1 aromatic rings. The number of carbonyl (C=O) groups is 1. The largest absolute Gasteiger partial charge is 0.383 e. The molecule has 0 aliphatic rings. The molecule has 0 aliphatic carbocycles. The van der Waals surface area contributed by atoms with Gasteiger partial charge in [-0.25, -0.2) is 4.39 Å². The Morgan fingerprint density at radius 2 is 2.00 bits per heavy atom. The molecule has 21 heavy (non-hydrogen) atoms. The summed E-state index contributed by atoms with van der Waals surface area (Å²) in [7, 11) is 0. The fourth-order valence-electron chi connectivity index (χ4n) is 1.70. The van der Waals surface area contributed by atoms with Crippen molar-refractivity contribution in [1.29, 1.82) is 0 Å². The van der Waals surface area contributed by atoms with Gasteiger partial charge in [0.25, 0.3) is 11.6 Å². The molecule has 0 atom stereocenters. The zero-order valence-corrected chi connectivity index (χ0v) is 12.6. The number of halogens is 1. The molecule has 1 rings (SSSR count). The predicted octanol–water partition coefficient (Wildman–Crippen LogP) is 3.08. The molecule has 0 saturated heterocycles. The Labute approximate surface area is 122 Å². The van der Waals surface area contributed by atoms with Gasteiger partial charge in [-0.2, -0.15) is 0 Å². The molecular weight excluding hydrogens is 277 g/mol. The molecule has 0 aromatic heterocycles. The summed E-state index contributed by atoms with van der Waals surface area (Å²) in [5, 5.41) is 16.5. The zero-order valence-electron chi connectivity index (χ0n) is 12.6. The van der Waals surface area contributed by atoms with E-state index in [1.54, 1.807) is 20.8 Å². The van der Waals surface area contributed by atoms with Gasteiger partial charge in [0.05, 0.1) is 16.7 Å². The third-order valence-electron chi connectivity index (χ3n) is 2.58. The number of benzene rings is 1. The minimum absolute atomic E-state index is 0.0847. The van der Waals surface area contributed by atoms with E-state index in [-0.39, 0.29) is 11.3 Å². The van der Waals surface area contributed by atoms with Crippen LogP contribution in [-0.4, -0.2) is 22.9 Å². The normalized spacial score (nSPS) is 11.1. The molecule has 0 heterocycles. The minimum atomic E-state index is -0.760. The van der Waals surface area contributed by atoms with Crippen molar-refractivity contribution in [3.63, 3.8) is 0 Å². The highest BCUT2D eigenvalue weighted by Gasteiger charge is 2.26. The monoisotopic (exact) mass is 297 g/mol. The maximum absolute atomic E-state index is 13.8. The standard InChI is InChI=1S/C14H20FN3O3/c1-5-6-16-11-7-9(13(19)17-14(2,3)4)12(18(20)21)8-10(11)15/h7-8,16H,5-6H2,1-4H3,(H,17,19). The average molecular weight is 297 g/mol. The lowest BCUT2D eigenvalue weighted by atomic mass is 10.1. The summed E-state index contributed by atoms with van der Waals surface area (Å²) in [5.41, 5.74) is -1.16. The van der Waals surface area contributed by atoms with E-state index in [1.807, 2.05) is 6.92 Å². The Kier molecular flexibility index (Phi) is 5.23. The summed E-state index contributed by atoms with van der Waals surface area (Å²) in [6.45, 7) is 7.70. The van der Waals surface area contributed by atoms with Crippen molar-refractivity contribution in [2.75, 3.05) is 11.9 Å². The SMILES string of the molecule is CCCNc1cc(C(=O)NC(C)(C)C)c([N+](=O)[O-])cc1F. The molecule has 116 valence electrons. The maximum atomic E-state index is 13.8. The van der Waals surface area contributed by atoms with Crippen molar-refractivity contribution in [3.05, 3.63) is 33.6 Å². The summed E-state index contributed by atoms with van der Waals surface area (Å²) in [6.07, 6.45) is 0.764. The number of amides is 1. The van der Waals surface area contributed by atoms with E-state index in [9.17, 15) is 19.3 Å². The van der Waals surface area contributed by atoms with Crippen LogP contribution in [0.1, 0.15) is 44.5 Å². The Hall–Kier alpha value is -2.18. The van der Waals surface area contributed by atoms with Crippen LogP contribution in [0.5, 0.6) is 0 Å². The summed E-state index contributed by atoms with van der Waals surface area (Å²) < 4.78 is 13.8. The first-order valence-electron chi connectivity index (χ1n) is 6.70. The zero-order chi connectivity index (χ0) is 16.2. The van der Waals surface area contributed by atoms with E-state index in [0.717, 1.165) is 12.5 Å². The molecule has 6 nitrogen and oxygen atoms in total. The minimum Gasteiger partial charge on any atom is -0.383 e. The van der Waals surface area contributed by atoms with Gasteiger partial charge in [-0.3, -0.25) is 14.9 Å². The third-order valence-corrected chi connectivity index (χ3v) is 2.58. The lowest BCUT2D eigenvalue weighted by Crippen LogP contribution is -2.40. The molecule has 2 N–H and O–H groups in total. The van der Waals surface area contributed by atoms with Gasteiger partial charge in [-0.05, 0) is 33.3 Å². The number of hydrogen-bond donors (Lipinski definition) is 2. The molecular formula is C14H20FN3O3. The third kappa shape index (κ3) is 4.70. The van der Waals surface area contributed by atoms with Crippen LogP contribution < -0.4 is 10.6 Å². The number of rotatable bonds is 5. The van der Waals surface area contributed by atoms with E-state index in [1.165, 1.54) is 6.07 Å². The van der Waals surface area contributed by atoms with Crippen molar-refractivity contribution in [2.24, 2.45) is 0 Å². The quantitative estimate of drug-likeness (QED) is 0.646. The van der Waals surface area contributed by atoms with Gasteiger partial charge in [0.15, 0.2) is 5.82 Å². The average Bonchev–Trinajstić information content (AvgIpc) is 2.34. The highest BCUT2D eigenvalue weighted by molar-refractivity contribution is 5.99. The van der Waals surface area contributed by atoms with Gasteiger partial charge in [0, 0.05) is 12.1 Å². The van der Waals surface area contributed by atoms with Crippen molar-refractivity contribution in [2.45, 2.75) is 39.7 Å². The first kappa shape index (κ1) is 16.9. The second kappa shape index (κ2) is 6.51. The lowest BCUT2D eigenvalue weighted by Gasteiger charge is -2.20. The first-order chi connectivity index (χ1) is 9.65. The van der Waals surface area contributed by atoms with Crippen LogP contribution in [0.15, 0.2) is 12.1 Å². The van der Waals surface area contributed by atoms with Crippen LogP contribution in [0.4, 0.5) is 15.8 Å². The van der Waals surface area contributed by atoms with Gasteiger partial charge in [-0.1, -0.05) is 6.92 Å². The molecule has 0 unspecified atom stereocenters. The molecule has 0 bridgehead atoms. The smallest absolute Gasteiger partial charge is 0.285 e. The van der Waals surface area contributed by atoms with Crippen LogP contribution in [0.2, 0.25) is 0 Å². The number of nitrogens with one attached hydrogen (secondary N) is 2. The lowest BCUT2D eigenvalue weighted by molar-refractivity contribution is -0.385. The first-order valence-corrected chi connectivity index (χ1v) is 6.70. The van der Waals surface area contributed by atoms with E-state index in [0.29, 0.717) is 6.54 Å². The van der Waals surface area contributed by atoms with Gasteiger partial charge < -0.3 is 10.6 Å². The maximum Gasteiger partial charge on any atom is 0.285 e. The van der Waals surface area contributed by atoms with Gasteiger partial charge in [0.1, 0.15) is 5.56 Å². The molecule has 0 saturated carbocycles. The molecule has 0 fully saturated rings. The number of nitrogens with zero attached hydrogens (tertiary/aromatic N) is 1. The fourth-order valence-corrected chi connectivity index (χ4v) is 1.70. The number of anilines is 1. The van der Waals surface area contributed by atoms with Crippen molar-refractivity contribution in [3.8, 4) is 0 Å². The van der Waals surface area contributed by atoms with Crippen LogP contribution in [0.3, 0.4) is 0 Å². The predicted molar refractivity (Wildman–Crippen MR) is 79.1 cm³/mol. The van der Waals surface area contributed by atoms with Crippen molar-refractivity contribution < 1.29 is 14.1 Å². The van der Waals surface area contributed by atoms with E-state index < -0.39 is 27.9 Å². The van der Waals surface area contributed by atoms with E-state index in [2.05, 4.69) is 10.6 Å². The van der Waals surface area contributed by atoms with Gasteiger partial charge in [0.2, 0.25) is 0 Å². The molecule has 0 radical (unpaired) electrons. The molecule has 1 amide bonds. The number of carbonyl (C=O) groups excluding carboxylic acids is 1. The Bertz CT molecular complexity index is 553. The topological polar surface area (TPSA) is 84.3 Å². The van der Waals surface area contributed by atoms with Gasteiger partial charge in [-0.15, -0.1) is 0 Å². The van der Waals surface area contributed by atoms with E-state index in [4.69, 9.17) is 0 Å². The Morgan fingerprint density at radius 3 is 2.48 bits per heavy atom. The number of hydrogen-bond acceptors (Lipinski definition) is 4. The highest BCUT2D eigenvalue weighted by atomic mass is 19.1. The Balaban J connectivity index is 3.25. The van der Waals surface area contributed by atoms with E-state index >= 15 is 0 Å². The summed E-state index contributed by atoms with van der Waals surface area (Å²) in [6, 6.07) is 1.96.